The summed E-state index contributed by atoms with van der Waals surface area (Å²) in [6.07, 6.45) is 0. The molecule has 0 bridgehead atoms. The average Bonchev–Trinajstić information content (AvgIpc) is 3.24. The number of hydrogen-bond acceptors (Lipinski definition) is 3. The van der Waals surface area contributed by atoms with Crippen molar-refractivity contribution in [2.75, 3.05) is 31.1 Å². The number of amides is 1. The summed E-state index contributed by atoms with van der Waals surface area (Å²) in [6, 6.07) is 19.7. The third-order valence-corrected chi connectivity index (χ3v) is 5.56. The molecule has 5 nitrogen and oxygen atoms in total. The van der Waals surface area contributed by atoms with Crippen LogP contribution in [0.5, 0.6) is 0 Å². The van der Waals surface area contributed by atoms with Gasteiger partial charge in [0.15, 0.2) is 5.82 Å². The first-order valence-corrected chi connectivity index (χ1v) is 9.89. The van der Waals surface area contributed by atoms with Gasteiger partial charge in [-0.25, -0.2) is 0 Å². The minimum absolute atomic E-state index is 0.116. The molecule has 0 aliphatic carbocycles. The van der Waals surface area contributed by atoms with E-state index in [1.54, 1.807) is 0 Å². The number of piperazine rings is 1. The van der Waals surface area contributed by atoms with E-state index in [1.165, 1.54) is 0 Å². The molecule has 1 unspecified atom stereocenters. The van der Waals surface area contributed by atoms with E-state index in [1.807, 2.05) is 72.5 Å². The summed E-state index contributed by atoms with van der Waals surface area (Å²) in [7, 11) is 0. The van der Waals surface area contributed by atoms with Gasteiger partial charge >= 0.3 is 0 Å². The van der Waals surface area contributed by atoms with Crippen molar-refractivity contribution in [3.05, 3.63) is 71.2 Å². The summed E-state index contributed by atoms with van der Waals surface area (Å²) in [5.74, 6) is 0.984. The van der Waals surface area contributed by atoms with E-state index in [9.17, 15) is 4.79 Å². The molecule has 6 heteroatoms. The number of carbonyl (C=O) groups excluding carboxylic acids is 1. The molecule has 0 radical (unpaired) electrons. The molecular weight excluding hydrogens is 372 g/mol. The number of hydrogen-bond donors (Lipinski definition) is 1. The number of H-pyrrole nitrogens is 1. The summed E-state index contributed by atoms with van der Waals surface area (Å²) in [4.78, 5) is 17.0. The first-order valence-electron chi connectivity index (χ1n) is 9.52. The highest BCUT2D eigenvalue weighted by molar-refractivity contribution is 6.30. The number of rotatable bonds is 4. The Hall–Kier alpha value is -2.79. The number of aromatic amines is 1. The Balaban J connectivity index is 1.38. The van der Waals surface area contributed by atoms with Crippen LogP contribution in [0.25, 0.3) is 11.3 Å². The van der Waals surface area contributed by atoms with Crippen molar-refractivity contribution in [1.82, 2.24) is 15.1 Å². The lowest BCUT2D eigenvalue weighted by atomic mass is 9.99. The summed E-state index contributed by atoms with van der Waals surface area (Å²) in [5.41, 5.74) is 3.08. The zero-order valence-electron chi connectivity index (χ0n) is 15.8. The predicted molar refractivity (Wildman–Crippen MR) is 113 cm³/mol. The number of nitrogens with one attached hydrogen (secondary N) is 1. The standard InChI is InChI=1S/C22H23ClN4O/c1-16(17-5-3-2-4-6-17)22(28)27-13-11-26(12-14-27)21-15-20(24-25-21)18-7-9-19(23)10-8-18/h2-10,15-16H,11-14H2,1H3,(H,24,25). The molecule has 0 spiro atoms. The first kappa shape index (κ1) is 18.6. The third kappa shape index (κ3) is 3.90. The van der Waals surface area contributed by atoms with Crippen LogP contribution in [0.15, 0.2) is 60.7 Å². The topological polar surface area (TPSA) is 52.2 Å². The monoisotopic (exact) mass is 394 g/mol. The number of benzene rings is 2. The Morgan fingerprint density at radius 2 is 1.71 bits per heavy atom. The quantitative estimate of drug-likeness (QED) is 0.722. The van der Waals surface area contributed by atoms with Crippen LogP contribution in [0.2, 0.25) is 5.02 Å². The largest absolute Gasteiger partial charge is 0.352 e. The van der Waals surface area contributed by atoms with Gasteiger partial charge in [0.2, 0.25) is 5.91 Å². The Bertz CT molecular complexity index is 931. The Kier molecular flexibility index (Phi) is 5.35. The molecule has 3 aromatic rings. The van der Waals surface area contributed by atoms with Crippen molar-refractivity contribution in [2.45, 2.75) is 12.8 Å². The van der Waals surface area contributed by atoms with E-state index in [-0.39, 0.29) is 11.8 Å². The molecule has 1 aromatic heterocycles. The van der Waals surface area contributed by atoms with Crippen LogP contribution >= 0.6 is 11.6 Å². The van der Waals surface area contributed by atoms with Gasteiger partial charge in [-0.3, -0.25) is 9.89 Å². The van der Waals surface area contributed by atoms with Crippen LogP contribution in [0.3, 0.4) is 0 Å². The van der Waals surface area contributed by atoms with Crippen LogP contribution in [-0.4, -0.2) is 47.2 Å². The highest BCUT2D eigenvalue weighted by Gasteiger charge is 2.26. The summed E-state index contributed by atoms with van der Waals surface area (Å²) in [5, 5.41) is 8.27. The van der Waals surface area contributed by atoms with Crippen LogP contribution in [-0.2, 0) is 4.79 Å². The van der Waals surface area contributed by atoms with Crippen molar-refractivity contribution in [1.29, 1.82) is 0 Å². The molecule has 1 saturated heterocycles. The van der Waals surface area contributed by atoms with Gasteiger partial charge in [0.05, 0.1) is 11.6 Å². The molecule has 144 valence electrons. The zero-order chi connectivity index (χ0) is 19.5. The van der Waals surface area contributed by atoms with Crippen LogP contribution in [0.4, 0.5) is 5.82 Å². The fourth-order valence-corrected chi connectivity index (χ4v) is 3.69. The van der Waals surface area contributed by atoms with Crippen molar-refractivity contribution in [3.8, 4) is 11.3 Å². The lowest BCUT2D eigenvalue weighted by Crippen LogP contribution is -2.50. The first-order chi connectivity index (χ1) is 13.6. The van der Waals surface area contributed by atoms with E-state index >= 15 is 0 Å². The maximum atomic E-state index is 12.8. The molecule has 0 saturated carbocycles. The second-order valence-corrected chi connectivity index (χ2v) is 7.53. The second kappa shape index (κ2) is 8.07. The fourth-order valence-electron chi connectivity index (χ4n) is 3.56. The van der Waals surface area contributed by atoms with Crippen LogP contribution in [0, 0.1) is 0 Å². The third-order valence-electron chi connectivity index (χ3n) is 5.30. The van der Waals surface area contributed by atoms with Crippen molar-refractivity contribution in [3.63, 3.8) is 0 Å². The Morgan fingerprint density at radius 3 is 2.39 bits per heavy atom. The molecule has 1 aliphatic rings. The van der Waals surface area contributed by atoms with Crippen molar-refractivity contribution in [2.24, 2.45) is 0 Å². The van der Waals surface area contributed by atoms with E-state index in [0.29, 0.717) is 18.1 Å². The van der Waals surface area contributed by atoms with E-state index in [0.717, 1.165) is 35.7 Å². The number of nitrogens with zero attached hydrogens (tertiary/aromatic N) is 3. The van der Waals surface area contributed by atoms with Gasteiger partial charge in [0, 0.05) is 37.3 Å². The minimum atomic E-state index is -0.116. The van der Waals surface area contributed by atoms with Gasteiger partial charge in [-0.2, -0.15) is 5.10 Å². The SMILES string of the molecule is CC(C(=O)N1CCN(c2cc(-c3ccc(Cl)cc3)[nH]n2)CC1)c1ccccc1. The minimum Gasteiger partial charge on any atom is -0.352 e. The number of halogens is 1. The maximum Gasteiger partial charge on any atom is 0.229 e. The van der Waals surface area contributed by atoms with Gasteiger partial charge in [0.1, 0.15) is 0 Å². The molecule has 1 atom stereocenters. The predicted octanol–water partition coefficient (Wildman–Crippen LogP) is 4.18. The van der Waals surface area contributed by atoms with Crippen molar-refractivity contribution < 1.29 is 4.79 Å². The lowest BCUT2D eigenvalue weighted by Gasteiger charge is -2.36. The van der Waals surface area contributed by atoms with Crippen LogP contribution in [0.1, 0.15) is 18.4 Å². The normalized spacial score (nSPS) is 15.5. The lowest BCUT2D eigenvalue weighted by molar-refractivity contribution is -0.132. The summed E-state index contributed by atoms with van der Waals surface area (Å²) in [6.45, 7) is 4.95. The number of aromatic nitrogens is 2. The molecule has 2 aromatic carbocycles. The average molecular weight is 395 g/mol. The fraction of sp³-hybridized carbons (Fsp3) is 0.273. The molecule has 1 fully saturated rings. The molecule has 1 aliphatic heterocycles. The van der Waals surface area contributed by atoms with E-state index in [4.69, 9.17) is 11.6 Å². The Labute approximate surface area is 169 Å². The molecule has 2 heterocycles. The van der Waals surface area contributed by atoms with Crippen molar-refractivity contribution >= 4 is 23.3 Å². The second-order valence-electron chi connectivity index (χ2n) is 7.09. The molecule has 28 heavy (non-hydrogen) atoms. The molecule has 4 rings (SSSR count). The Morgan fingerprint density at radius 1 is 1.04 bits per heavy atom. The van der Waals surface area contributed by atoms with Crippen LogP contribution < -0.4 is 4.90 Å². The molecule has 1 N–H and O–H groups in total. The smallest absolute Gasteiger partial charge is 0.229 e. The summed E-state index contributed by atoms with van der Waals surface area (Å²) < 4.78 is 0. The van der Waals surface area contributed by atoms with Gasteiger partial charge in [-0.05, 0) is 30.2 Å². The van der Waals surface area contributed by atoms with E-state index in [2.05, 4.69) is 15.1 Å². The van der Waals surface area contributed by atoms with Gasteiger partial charge in [0.25, 0.3) is 0 Å². The van der Waals surface area contributed by atoms with Gasteiger partial charge in [-0.15, -0.1) is 0 Å². The van der Waals surface area contributed by atoms with Gasteiger partial charge in [-0.1, -0.05) is 54.1 Å². The highest BCUT2D eigenvalue weighted by atomic mass is 35.5. The number of anilines is 1. The van der Waals surface area contributed by atoms with Gasteiger partial charge < -0.3 is 9.80 Å². The maximum absolute atomic E-state index is 12.8. The van der Waals surface area contributed by atoms with E-state index < -0.39 is 0 Å². The zero-order valence-corrected chi connectivity index (χ0v) is 16.6. The molecule has 1 amide bonds. The summed E-state index contributed by atoms with van der Waals surface area (Å²) >= 11 is 5.96. The highest BCUT2D eigenvalue weighted by Crippen LogP contribution is 2.25. The molecular formula is C22H23ClN4O. The number of carbonyl (C=O) groups is 1.